The Kier molecular flexibility index (Phi) is 4.59. The monoisotopic (exact) mass is 342 g/mol. The number of aryl methyl sites for hydroxylation is 1. The minimum Gasteiger partial charge on any atom is -0.461 e. The van der Waals surface area contributed by atoms with E-state index in [1.807, 2.05) is 0 Å². The average molecular weight is 342 g/mol. The van der Waals surface area contributed by atoms with Gasteiger partial charge in [0.15, 0.2) is 5.76 Å². The molecule has 0 N–H and O–H groups in total. The molecule has 6 nitrogen and oxygen atoms in total. The molecule has 0 aliphatic carbocycles. The lowest BCUT2D eigenvalue weighted by Crippen LogP contribution is -2.26. The Morgan fingerprint density at radius 3 is 2.79 bits per heavy atom. The van der Waals surface area contributed by atoms with Gasteiger partial charge in [-0.05, 0) is 25.0 Å². The van der Waals surface area contributed by atoms with Gasteiger partial charge in [-0.1, -0.05) is 0 Å². The summed E-state index contributed by atoms with van der Waals surface area (Å²) in [6.45, 7) is 0.0399. The van der Waals surface area contributed by atoms with Crippen LogP contribution >= 0.6 is 0 Å². The highest BCUT2D eigenvalue weighted by Crippen LogP contribution is 2.22. The number of alkyl halides is 3. The molecule has 0 spiro atoms. The first kappa shape index (κ1) is 16.5. The first-order valence-electron chi connectivity index (χ1n) is 7.74. The van der Waals surface area contributed by atoms with Crippen LogP contribution in [-0.2, 0) is 17.8 Å². The van der Waals surface area contributed by atoms with E-state index < -0.39 is 12.7 Å². The molecule has 0 radical (unpaired) electrons. The fourth-order valence-corrected chi connectivity index (χ4v) is 2.73. The molecule has 0 saturated carbocycles. The Labute approximate surface area is 136 Å². The summed E-state index contributed by atoms with van der Waals surface area (Å²) in [4.78, 5) is 17.5. The topological polar surface area (TPSA) is 64.2 Å². The van der Waals surface area contributed by atoms with E-state index in [-0.39, 0.29) is 17.6 Å². The summed E-state index contributed by atoms with van der Waals surface area (Å²) in [5.74, 6) is 0.803. The normalized spacial score (nSPS) is 15.5. The second-order valence-corrected chi connectivity index (χ2v) is 5.69. The summed E-state index contributed by atoms with van der Waals surface area (Å²) in [7, 11) is 0. The minimum atomic E-state index is -4.38. The number of halogens is 3. The summed E-state index contributed by atoms with van der Waals surface area (Å²) < 4.78 is 44.2. The van der Waals surface area contributed by atoms with Crippen molar-refractivity contribution in [1.29, 1.82) is 0 Å². The van der Waals surface area contributed by atoms with E-state index in [0.717, 1.165) is 11.1 Å². The second kappa shape index (κ2) is 6.66. The third-order valence-electron chi connectivity index (χ3n) is 3.82. The first-order valence-corrected chi connectivity index (χ1v) is 7.74. The smallest absolute Gasteiger partial charge is 0.408 e. The highest BCUT2D eigenvalue weighted by atomic mass is 19.4. The van der Waals surface area contributed by atoms with Gasteiger partial charge in [-0.3, -0.25) is 4.79 Å². The van der Waals surface area contributed by atoms with Gasteiger partial charge in [0.05, 0.1) is 6.26 Å². The number of amides is 1. The standard InChI is InChI=1S/C15H17F3N4O2/c16-15(17,18)10-22-12(5-1-7-21-8-2-6-13(21)23)19-14(20-22)11-4-3-9-24-11/h3-4,9H,1-2,5-8,10H2. The van der Waals surface area contributed by atoms with Gasteiger partial charge in [-0.15, -0.1) is 5.10 Å². The molecule has 1 saturated heterocycles. The molecule has 0 bridgehead atoms. The van der Waals surface area contributed by atoms with E-state index in [2.05, 4.69) is 10.1 Å². The van der Waals surface area contributed by atoms with Crippen molar-refractivity contribution in [3.63, 3.8) is 0 Å². The quantitative estimate of drug-likeness (QED) is 0.810. The number of rotatable bonds is 6. The highest BCUT2D eigenvalue weighted by Gasteiger charge is 2.30. The fraction of sp³-hybridized carbons (Fsp3) is 0.533. The van der Waals surface area contributed by atoms with Crippen molar-refractivity contribution in [2.45, 2.75) is 38.4 Å². The molecule has 1 amide bonds. The number of furan rings is 1. The molecule has 0 aromatic carbocycles. The summed E-state index contributed by atoms with van der Waals surface area (Å²) in [5.41, 5.74) is 0. The van der Waals surface area contributed by atoms with E-state index in [4.69, 9.17) is 4.42 Å². The molecule has 1 aliphatic heterocycles. The number of carbonyl (C=O) groups is 1. The second-order valence-electron chi connectivity index (χ2n) is 5.69. The zero-order chi connectivity index (χ0) is 17.2. The number of carbonyl (C=O) groups excluding carboxylic acids is 1. The molecule has 0 atom stereocenters. The van der Waals surface area contributed by atoms with Crippen molar-refractivity contribution < 1.29 is 22.4 Å². The summed E-state index contributed by atoms with van der Waals surface area (Å²) >= 11 is 0. The molecular weight excluding hydrogens is 325 g/mol. The minimum absolute atomic E-state index is 0.100. The average Bonchev–Trinajstić information content (AvgIpc) is 3.20. The number of hydrogen-bond donors (Lipinski definition) is 0. The molecule has 1 aliphatic rings. The zero-order valence-corrected chi connectivity index (χ0v) is 12.9. The lowest BCUT2D eigenvalue weighted by Gasteiger charge is -2.15. The number of likely N-dealkylation sites (tertiary alicyclic amines) is 1. The van der Waals surface area contributed by atoms with Gasteiger partial charge in [0.25, 0.3) is 0 Å². The third kappa shape index (κ3) is 3.95. The SMILES string of the molecule is O=C1CCCN1CCCc1nc(-c2ccco2)nn1CC(F)(F)F. The van der Waals surface area contributed by atoms with Gasteiger partial charge in [0, 0.05) is 25.9 Å². The largest absolute Gasteiger partial charge is 0.461 e. The molecular formula is C15H17F3N4O2. The van der Waals surface area contributed by atoms with Gasteiger partial charge in [-0.25, -0.2) is 9.67 Å². The molecule has 1 fully saturated rings. The maximum Gasteiger partial charge on any atom is 0.408 e. The van der Waals surface area contributed by atoms with Crippen LogP contribution in [0.4, 0.5) is 13.2 Å². The lowest BCUT2D eigenvalue weighted by molar-refractivity contribution is -0.143. The Hall–Kier alpha value is -2.32. The molecule has 9 heteroatoms. The number of hydrogen-bond acceptors (Lipinski definition) is 4. The van der Waals surface area contributed by atoms with Gasteiger partial charge in [0.2, 0.25) is 11.7 Å². The Morgan fingerprint density at radius 1 is 1.33 bits per heavy atom. The maximum atomic E-state index is 12.7. The molecule has 24 heavy (non-hydrogen) atoms. The summed E-state index contributed by atoms with van der Waals surface area (Å²) in [6.07, 6.45) is -0.724. The summed E-state index contributed by atoms with van der Waals surface area (Å²) in [5, 5.41) is 3.91. The highest BCUT2D eigenvalue weighted by molar-refractivity contribution is 5.77. The lowest BCUT2D eigenvalue weighted by atomic mass is 10.3. The van der Waals surface area contributed by atoms with E-state index in [0.29, 0.717) is 38.1 Å². The number of nitrogens with zero attached hydrogens (tertiary/aromatic N) is 4. The van der Waals surface area contributed by atoms with Crippen LogP contribution in [0.2, 0.25) is 0 Å². The van der Waals surface area contributed by atoms with Gasteiger partial charge in [-0.2, -0.15) is 13.2 Å². The van der Waals surface area contributed by atoms with E-state index in [1.165, 1.54) is 6.26 Å². The van der Waals surface area contributed by atoms with Crippen molar-refractivity contribution in [2.24, 2.45) is 0 Å². The van der Waals surface area contributed by atoms with Crippen molar-refractivity contribution in [3.05, 3.63) is 24.2 Å². The van der Waals surface area contributed by atoms with E-state index >= 15 is 0 Å². The van der Waals surface area contributed by atoms with Crippen LogP contribution in [0.5, 0.6) is 0 Å². The molecule has 0 unspecified atom stereocenters. The van der Waals surface area contributed by atoms with E-state index in [9.17, 15) is 18.0 Å². The van der Waals surface area contributed by atoms with Gasteiger partial charge < -0.3 is 9.32 Å². The van der Waals surface area contributed by atoms with Gasteiger partial charge in [0.1, 0.15) is 12.4 Å². The molecule has 3 rings (SSSR count). The predicted molar refractivity (Wildman–Crippen MR) is 77.9 cm³/mol. The summed E-state index contributed by atoms with van der Waals surface area (Å²) in [6, 6.07) is 3.22. The van der Waals surface area contributed by atoms with Crippen LogP contribution in [-0.4, -0.2) is 44.8 Å². The van der Waals surface area contributed by atoms with Crippen molar-refractivity contribution in [2.75, 3.05) is 13.1 Å². The first-order chi connectivity index (χ1) is 11.4. The molecule has 2 aromatic rings. The van der Waals surface area contributed by atoms with Crippen molar-refractivity contribution in [3.8, 4) is 11.6 Å². The predicted octanol–water partition coefficient (Wildman–Crippen LogP) is 2.66. The van der Waals surface area contributed by atoms with Crippen LogP contribution in [0, 0.1) is 0 Å². The Bertz CT molecular complexity index is 694. The maximum absolute atomic E-state index is 12.7. The van der Waals surface area contributed by atoms with Crippen LogP contribution in [0.25, 0.3) is 11.6 Å². The van der Waals surface area contributed by atoms with Crippen molar-refractivity contribution in [1.82, 2.24) is 19.7 Å². The molecule has 3 heterocycles. The van der Waals surface area contributed by atoms with Crippen LogP contribution in [0.1, 0.15) is 25.1 Å². The fourth-order valence-electron chi connectivity index (χ4n) is 2.73. The van der Waals surface area contributed by atoms with Crippen LogP contribution in [0.3, 0.4) is 0 Å². The molecule has 130 valence electrons. The van der Waals surface area contributed by atoms with Crippen LogP contribution < -0.4 is 0 Å². The number of aromatic nitrogens is 3. The Morgan fingerprint density at radius 2 is 2.17 bits per heavy atom. The van der Waals surface area contributed by atoms with Gasteiger partial charge >= 0.3 is 6.18 Å². The van der Waals surface area contributed by atoms with E-state index in [1.54, 1.807) is 17.0 Å². The van der Waals surface area contributed by atoms with Crippen LogP contribution in [0.15, 0.2) is 22.8 Å². The third-order valence-corrected chi connectivity index (χ3v) is 3.82. The molecule has 2 aromatic heterocycles. The Balaban J connectivity index is 1.71. The zero-order valence-electron chi connectivity index (χ0n) is 12.9. The van der Waals surface area contributed by atoms with Crippen molar-refractivity contribution >= 4 is 5.91 Å².